The lowest BCUT2D eigenvalue weighted by Crippen LogP contribution is -2.48. The second-order valence-electron chi connectivity index (χ2n) is 11.6. The van der Waals surface area contributed by atoms with Crippen LogP contribution in [0.5, 0.6) is 5.75 Å². The number of hydrogen-bond acceptors (Lipinski definition) is 6. The van der Waals surface area contributed by atoms with Crippen molar-refractivity contribution in [3.63, 3.8) is 0 Å². The number of amides is 3. The third-order valence-corrected chi connectivity index (χ3v) is 7.47. The molecular weight excluding hydrogens is 612 g/mol. The predicted octanol–water partition coefficient (Wildman–Crippen LogP) is 5.56. The summed E-state index contributed by atoms with van der Waals surface area (Å²) in [5, 5.41) is 12.4. The van der Waals surface area contributed by atoms with Crippen LogP contribution < -0.4 is 10.1 Å². The van der Waals surface area contributed by atoms with Gasteiger partial charge >= 0.3 is 12.4 Å². The topological polar surface area (TPSA) is 108 Å². The van der Waals surface area contributed by atoms with Crippen molar-refractivity contribution in [1.82, 2.24) is 9.80 Å². The molecule has 4 atom stereocenters. The molecule has 0 bridgehead atoms. The minimum Gasteiger partial charge on any atom is -0.490 e. The molecule has 2 rings (SSSR count). The van der Waals surface area contributed by atoms with Gasteiger partial charge in [0.1, 0.15) is 5.75 Å². The highest BCUT2D eigenvalue weighted by atomic mass is 19.4. The van der Waals surface area contributed by atoms with Crippen LogP contribution in [0.15, 0.2) is 18.2 Å². The summed E-state index contributed by atoms with van der Waals surface area (Å²) >= 11 is 0. The number of hydrogen-bond donors (Lipinski definition) is 2. The maximum absolute atomic E-state index is 14.0. The van der Waals surface area contributed by atoms with E-state index in [2.05, 4.69) is 5.32 Å². The molecular formula is C30H43F6N3O6. The Hall–Kier alpha value is -3.07. The number of halogens is 6. The summed E-state index contributed by atoms with van der Waals surface area (Å²) < 4.78 is 88.0. The number of likely N-dealkylation sites (N-methyl/N-ethyl adjacent to an activating group) is 1. The van der Waals surface area contributed by atoms with Crippen LogP contribution in [0.4, 0.5) is 32.0 Å². The molecule has 9 nitrogen and oxygen atoms in total. The van der Waals surface area contributed by atoms with Gasteiger partial charge < -0.3 is 29.7 Å². The number of anilines is 1. The van der Waals surface area contributed by atoms with Crippen molar-refractivity contribution in [2.75, 3.05) is 38.7 Å². The van der Waals surface area contributed by atoms with E-state index in [1.807, 2.05) is 0 Å². The number of benzene rings is 1. The van der Waals surface area contributed by atoms with Crippen LogP contribution in [0.25, 0.3) is 0 Å². The lowest BCUT2D eigenvalue weighted by molar-refractivity contribution is -0.149. The fourth-order valence-corrected chi connectivity index (χ4v) is 4.75. The van der Waals surface area contributed by atoms with E-state index in [4.69, 9.17) is 9.47 Å². The Morgan fingerprint density at radius 1 is 1.09 bits per heavy atom. The third kappa shape index (κ3) is 13.4. The second kappa shape index (κ2) is 17.0. The molecule has 0 aromatic heterocycles. The lowest BCUT2D eigenvalue weighted by Gasteiger charge is -2.36. The van der Waals surface area contributed by atoms with Crippen molar-refractivity contribution in [1.29, 1.82) is 0 Å². The number of rotatable bonds is 9. The molecule has 15 heteroatoms. The molecule has 1 aromatic rings. The van der Waals surface area contributed by atoms with Gasteiger partial charge in [0.15, 0.2) is 0 Å². The van der Waals surface area contributed by atoms with Crippen LogP contribution >= 0.6 is 0 Å². The molecule has 0 saturated heterocycles. The van der Waals surface area contributed by atoms with Crippen molar-refractivity contribution in [2.45, 2.75) is 96.3 Å². The van der Waals surface area contributed by atoms with Gasteiger partial charge in [-0.2, -0.15) is 26.3 Å². The van der Waals surface area contributed by atoms with Crippen LogP contribution in [-0.2, 0) is 14.3 Å². The zero-order chi connectivity index (χ0) is 33.9. The molecule has 45 heavy (non-hydrogen) atoms. The summed E-state index contributed by atoms with van der Waals surface area (Å²) in [5.41, 5.74) is 0.0912. The van der Waals surface area contributed by atoms with E-state index >= 15 is 0 Å². The molecule has 1 aliphatic rings. The number of nitrogens with zero attached hydrogens (tertiary/aromatic N) is 2. The molecule has 1 heterocycles. The van der Waals surface area contributed by atoms with E-state index in [1.165, 1.54) is 35.0 Å². The maximum atomic E-state index is 14.0. The highest BCUT2D eigenvalue weighted by Crippen LogP contribution is 2.29. The second-order valence-corrected chi connectivity index (χ2v) is 11.6. The van der Waals surface area contributed by atoms with Gasteiger partial charge in [0.25, 0.3) is 5.91 Å². The van der Waals surface area contributed by atoms with Crippen LogP contribution in [0.3, 0.4) is 0 Å². The Bertz CT molecular complexity index is 1130. The number of nitrogens with one attached hydrogen (secondary N) is 1. The largest absolute Gasteiger partial charge is 0.490 e. The first-order valence-electron chi connectivity index (χ1n) is 14.9. The van der Waals surface area contributed by atoms with E-state index in [9.17, 15) is 45.8 Å². The Morgan fingerprint density at radius 2 is 1.73 bits per heavy atom. The molecule has 0 radical (unpaired) electrons. The SMILES string of the molecule is C[C@H](CO)N1C[C@H](C)[C@H](CN(C)C(=O)CCC(F)(F)F)OCCCC[C@H](C)Oc2ccc(NC(=O)CCC(F)(F)F)cc2C1=O. The fourth-order valence-electron chi connectivity index (χ4n) is 4.75. The predicted molar refractivity (Wildman–Crippen MR) is 154 cm³/mol. The monoisotopic (exact) mass is 655 g/mol. The lowest BCUT2D eigenvalue weighted by atomic mass is 10.0. The number of aliphatic hydroxyl groups excluding tert-OH is 1. The summed E-state index contributed by atoms with van der Waals surface area (Å²) in [4.78, 5) is 41.2. The van der Waals surface area contributed by atoms with Gasteiger partial charge in [0, 0.05) is 51.2 Å². The number of carbonyl (C=O) groups is 3. The van der Waals surface area contributed by atoms with Gasteiger partial charge in [-0.1, -0.05) is 6.92 Å². The van der Waals surface area contributed by atoms with E-state index in [-0.39, 0.29) is 36.2 Å². The molecule has 3 amide bonds. The summed E-state index contributed by atoms with van der Waals surface area (Å²) in [6.07, 6.45) is -12.2. The standard InChI is InChI=1S/C30H43F6N3O6/c1-19-16-39(20(2)18-40)28(43)23-15-22(37-26(41)10-12-29(31,32)33)8-9-24(23)45-21(3)7-5-6-14-44-25(19)17-38(4)27(42)11-13-30(34,35)36/h8-9,15,19-21,25,40H,5-7,10-14,16-18H2,1-4H3,(H,37,41)/t19-,20+,21-,25-/m0/s1. The van der Waals surface area contributed by atoms with Crippen molar-refractivity contribution < 1.29 is 55.3 Å². The van der Waals surface area contributed by atoms with Crippen LogP contribution in [0, 0.1) is 5.92 Å². The summed E-state index contributed by atoms with van der Waals surface area (Å²) in [6, 6.07) is 3.46. The highest BCUT2D eigenvalue weighted by molar-refractivity contribution is 5.99. The number of carbonyl (C=O) groups excluding carboxylic acids is 3. The van der Waals surface area contributed by atoms with E-state index in [0.717, 1.165) is 0 Å². The van der Waals surface area contributed by atoms with E-state index in [1.54, 1.807) is 20.8 Å². The molecule has 0 fully saturated rings. The molecule has 0 aliphatic carbocycles. The first kappa shape index (κ1) is 38.1. The summed E-state index contributed by atoms with van der Waals surface area (Å²) in [7, 11) is 1.39. The zero-order valence-corrected chi connectivity index (χ0v) is 26.0. The first-order chi connectivity index (χ1) is 20.9. The summed E-state index contributed by atoms with van der Waals surface area (Å²) in [5.74, 6) is -2.47. The first-order valence-corrected chi connectivity index (χ1v) is 14.9. The van der Waals surface area contributed by atoms with Gasteiger partial charge in [-0.25, -0.2) is 0 Å². The molecule has 1 aromatic carbocycles. The molecule has 0 saturated carbocycles. The van der Waals surface area contributed by atoms with Gasteiger partial charge in [-0.05, 0) is 51.3 Å². The number of aliphatic hydroxyl groups is 1. The van der Waals surface area contributed by atoms with Crippen molar-refractivity contribution in [3.05, 3.63) is 23.8 Å². The molecule has 256 valence electrons. The Labute approximate surface area is 259 Å². The minimum atomic E-state index is -4.51. The van der Waals surface area contributed by atoms with Crippen molar-refractivity contribution in [3.8, 4) is 5.75 Å². The van der Waals surface area contributed by atoms with Gasteiger partial charge in [-0.3, -0.25) is 14.4 Å². The average molecular weight is 656 g/mol. The van der Waals surface area contributed by atoms with Crippen molar-refractivity contribution in [2.24, 2.45) is 5.92 Å². The Morgan fingerprint density at radius 3 is 2.36 bits per heavy atom. The minimum absolute atomic E-state index is 0.00692. The van der Waals surface area contributed by atoms with E-state index < -0.39 is 80.4 Å². The van der Waals surface area contributed by atoms with Crippen molar-refractivity contribution >= 4 is 23.4 Å². The van der Waals surface area contributed by atoms with Gasteiger partial charge in [0.2, 0.25) is 11.8 Å². The molecule has 0 spiro atoms. The highest BCUT2D eigenvalue weighted by Gasteiger charge is 2.33. The quantitative estimate of drug-likeness (QED) is 0.337. The van der Waals surface area contributed by atoms with Crippen LogP contribution in [0.1, 0.15) is 76.1 Å². The zero-order valence-electron chi connectivity index (χ0n) is 26.0. The van der Waals surface area contributed by atoms with Gasteiger partial charge in [-0.15, -0.1) is 0 Å². The Balaban J connectivity index is 2.39. The number of alkyl halides is 6. The van der Waals surface area contributed by atoms with Crippen LogP contribution in [-0.4, -0.2) is 96.6 Å². The fraction of sp³-hybridized carbons (Fsp3) is 0.700. The smallest absolute Gasteiger partial charge is 0.389 e. The molecule has 1 aliphatic heterocycles. The summed E-state index contributed by atoms with van der Waals surface area (Å²) in [6.45, 7) is 5.00. The average Bonchev–Trinajstić information content (AvgIpc) is 2.95. The van der Waals surface area contributed by atoms with Gasteiger partial charge in [0.05, 0.1) is 43.3 Å². The number of fused-ring (bicyclic) bond motifs is 1. The number of ether oxygens (including phenoxy) is 2. The maximum Gasteiger partial charge on any atom is 0.389 e. The molecule has 0 unspecified atom stereocenters. The van der Waals surface area contributed by atoms with Crippen LogP contribution in [0.2, 0.25) is 0 Å². The molecule has 2 N–H and O–H groups in total. The third-order valence-electron chi connectivity index (χ3n) is 7.47. The Kier molecular flexibility index (Phi) is 14.4. The normalized spacial score (nSPS) is 21.3. The van der Waals surface area contributed by atoms with E-state index in [0.29, 0.717) is 25.9 Å².